The van der Waals surface area contributed by atoms with Crippen LogP contribution in [-0.4, -0.2) is 25.6 Å². The van der Waals surface area contributed by atoms with Crippen molar-refractivity contribution < 1.29 is 9.53 Å². The first kappa shape index (κ1) is 15.5. The van der Waals surface area contributed by atoms with Crippen molar-refractivity contribution in [2.24, 2.45) is 5.92 Å². The van der Waals surface area contributed by atoms with Crippen molar-refractivity contribution in [3.8, 4) is 5.75 Å². The molecule has 1 atom stereocenters. The van der Waals surface area contributed by atoms with Crippen LogP contribution in [-0.2, 0) is 11.3 Å². The third-order valence-electron chi connectivity index (χ3n) is 2.70. The van der Waals surface area contributed by atoms with E-state index in [2.05, 4.69) is 24.5 Å². The standard InChI is InChI=1S/C15H24N2O2/c1-11(2)9-17-15(18)12(3)19-14-8-6-5-7-13(14)10-16-4/h5-8,11-12,16H,9-10H2,1-4H3,(H,17,18). The van der Waals surface area contributed by atoms with Crippen LogP contribution in [0, 0.1) is 5.92 Å². The van der Waals surface area contributed by atoms with Crippen LogP contribution in [0.2, 0.25) is 0 Å². The van der Waals surface area contributed by atoms with E-state index < -0.39 is 6.10 Å². The number of nitrogens with one attached hydrogen (secondary N) is 2. The number of carbonyl (C=O) groups excluding carboxylic acids is 1. The van der Waals surface area contributed by atoms with E-state index in [9.17, 15) is 4.79 Å². The number of hydrogen-bond acceptors (Lipinski definition) is 3. The zero-order chi connectivity index (χ0) is 14.3. The van der Waals surface area contributed by atoms with Gasteiger partial charge in [-0.1, -0.05) is 32.0 Å². The highest BCUT2D eigenvalue weighted by Gasteiger charge is 2.15. The van der Waals surface area contributed by atoms with Gasteiger partial charge in [0.1, 0.15) is 5.75 Å². The van der Waals surface area contributed by atoms with E-state index in [-0.39, 0.29) is 5.91 Å². The number of benzene rings is 1. The van der Waals surface area contributed by atoms with Crippen molar-refractivity contribution in [1.82, 2.24) is 10.6 Å². The second-order valence-electron chi connectivity index (χ2n) is 5.04. The van der Waals surface area contributed by atoms with Gasteiger partial charge in [0.25, 0.3) is 5.91 Å². The fraction of sp³-hybridized carbons (Fsp3) is 0.533. The Bertz CT molecular complexity index is 405. The molecule has 0 aromatic heterocycles. The summed E-state index contributed by atoms with van der Waals surface area (Å²) in [6.45, 7) is 7.29. The molecule has 0 radical (unpaired) electrons. The zero-order valence-electron chi connectivity index (χ0n) is 12.2. The number of hydrogen-bond donors (Lipinski definition) is 2. The predicted molar refractivity (Wildman–Crippen MR) is 77.1 cm³/mol. The van der Waals surface area contributed by atoms with Crippen LogP contribution in [0.1, 0.15) is 26.3 Å². The Kier molecular flexibility index (Phi) is 6.36. The highest BCUT2D eigenvalue weighted by Crippen LogP contribution is 2.19. The fourth-order valence-electron chi connectivity index (χ4n) is 1.65. The highest BCUT2D eigenvalue weighted by molar-refractivity contribution is 5.80. The molecule has 0 aliphatic rings. The summed E-state index contributed by atoms with van der Waals surface area (Å²) in [5.74, 6) is 1.12. The van der Waals surface area contributed by atoms with Crippen molar-refractivity contribution in [2.75, 3.05) is 13.6 Å². The fourth-order valence-corrected chi connectivity index (χ4v) is 1.65. The molecule has 0 aliphatic carbocycles. The molecule has 0 fully saturated rings. The average Bonchev–Trinajstić information content (AvgIpc) is 2.38. The van der Waals surface area contributed by atoms with E-state index in [1.54, 1.807) is 6.92 Å². The Balaban J connectivity index is 2.60. The summed E-state index contributed by atoms with van der Waals surface area (Å²) in [5, 5.41) is 5.96. The molecular formula is C15H24N2O2. The normalized spacial score (nSPS) is 12.3. The summed E-state index contributed by atoms with van der Waals surface area (Å²) in [6.07, 6.45) is -0.489. The monoisotopic (exact) mass is 264 g/mol. The van der Waals surface area contributed by atoms with Gasteiger partial charge in [-0.05, 0) is 26.0 Å². The molecule has 0 aliphatic heterocycles. The van der Waals surface area contributed by atoms with Gasteiger partial charge < -0.3 is 15.4 Å². The van der Waals surface area contributed by atoms with E-state index in [1.807, 2.05) is 31.3 Å². The summed E-state index contributed by atoms with van der Waals surface area (Å²) in [6, 6.07) is 7.75. The molecule has 4 heteroatoms. The molecule has 0 saturated carbocycles. The Morgan fingerprint density at radius 1 is 1.26 bits per heavy atom. The number of ether oxygens (including phenoxy) is 1. The SMILES string of the molecule is CNCc1ccccc1OC(C)C(=O)NCC(C)C. The van der Waals surface area contributed by atoms with Crippen molar-refractivity contribution in [2.45, 2.75) is 33.4 Å². The van der Waals surface area contributed by atoms with Crippen LogP contribution in [0.5, 0.6) is 5.75 Å². The minimum Gasteiger partial charge on any atom is -0.481 e. The second kappa shape index (κ2) is 7.79. The molecule has 106 valence electrons. The van der Waals surface area contributed by atoms with E-state index in [0.29, 0.717) is 12.5 Å². The maximum absolute atomic E-state index is 11.9. The van der Waals surface area contributed by atoms with Gasteiger partial charge in [0.05, 0.1) is 0 Å². The van der Waals surface area contributed by atoms with E-state index in [4.69, 9.17) is 4.74 Å². The van der Waals surface area contributed by atoms with Gasteiger partial charge in [-0.3, -0.25) is 4.79 Å². The molecule has 0 spiro atoms. The third-order valence-corrected chi connectivity index (χ3v) is 2.70. The summed E-state index contributed by atoms with van der Waals surface area (Å²) >= 11 is 0. The Labute approximate surface area is 115 Å². The van der Waals surface area contributed by atoms with Crippen LogP contribution in [0.3, 0.4) is 0 Å². The molecule has 1 rings (SSSR count). The quantitative estimate of drug-likeness (QED) is 0.791. The topological polar surface area (TPSA) is 50.4 Å². The van der Waals surface area contributed by atoms with Gasteiger partial charge in [0.2, 0.25) is 0 Å². The lowest BCUT2D eigenvalue weighted by atomic mass is 10.2. The van der Waals surface area contributed by atoms with E-state index in [1.165, 1.54) is 0 Å². The molecule has 1 aromatic carbocycles. The number of carbonyl (C=O) groups is 1. The lowest BCUT2D eigenvalue weighted by Crippen LogP contribution is -2.38. The van der Waals surface area contributed by atoms with Gasteiger partial charge >= 0.3 is 0 Å². The second-order valence-corrected chi connectivity index (χ2v) is 5.04. The average molecular weight is 264 g/mol. The predicted octanol–water partition coefficient (Wildman–Crippen LogP) is 1.95. The van der Waals surface area contributed by atoms with Crippen LogP contribution in [0.25, 0.3) is 0 Å². The van der Waals surface area contributed by atoms with Crippen molar-refractivity contribution in [3.63, 3.8) is 0 Å². The highest BCUT2D eigenvalue weighted by atomic mass is 16.5. The number of para-hydroxylation sites is 1. The minimum atomic E-state index is -0.489. The molecule has 4 nitrogen and oxygen atoms in total. The minimum absolute atomic E-state index is 0.0760. The number of rotatable bonds is 7. The molecule has 0 bridgehead atoms. The van der Waals surface area contributed by atoms with Crippen molar-refractivity contribution in [1.29, 1.82) is 0 Å². The van der Waals surface area contributed by atoms with Gasteiger partial charge in [0.15, 0.2) is 6.10 Å². The van der Waals surface area contributed by atoms with Gasteiger partial charge in [-0.15, -0.1) is 0 Å². The first-order chi connectivity index (χ1) is 9.04. The van der Waals surface area contributed by atoms with Crippen molar-refractivity contribution in [3.05, 3.63) is 29.8 Å². The van der Waals surface area contributed by atoms with Crippen LogP contribution < -0.4 is 15.4 Å². The van der Waals surface area contributed by atoms with Crippen LogP contribution in [0.4, 0.5) is 0 Å². The van der Waals surface area contributed by atoms with Crippen molar-refractivity contribution >= 4 is 5.91 Å². The smallest absolute Gasteiger partial charge is 0.260 e. The summed E-state index contributed by atoms with van der Waals surface area (Å²) < 4.78 is 5.74. The third kappa shape index (κ3) is 5.30. The Hall–Kier alpha value is -1.55. The Morgan fingerprint density at radius 2 is 1.95 bits per heavy atom. The molecule has 1 aromatic rings. The molecule has 19 heavy (non-hydrogen) atoms. The summed E-state index contributed by atoms with van der Waals surface area (Å²) in [4.78, 5) is 11.9. The van der Waals surface area contributed by atoms with Gasteiger partial charge in [-0.2, -0.15) is 0 Å². The first-order valence-corrected chi connectivity index (χ1v) is 6.71. The maximum Gasteiger partial charge on any atom is 0.260 e. The lowest BCUT2D eigenvalue weighted by molar-refractivity contribution is -0.127. The van der Waals surface area contributed by atoms with E-state index >= 15 is 0 Å². The molecule has 1 unspecified atom stereocenters. The Morgan fingerprint density at radius 3 is 2.58 bits per heavy atom. The molecule has 1 amide bonds. The largest absolute Gasteiger partial charge is 0.481 e. The molecule has 0 heterocycles. The maximum atomic E-state index is 11.9. The lowest BCUT2D eigenvalue weighted by Gasteiger charge is -2.17. The summed E-state index contributed by atoms with van der Waals surface area (Å²) in [5.41, 5.74) is 1.05. The number of amides is 1. The molecule has 0 saturated heterocycles. The van der Waals surface area contributed by atoms with Crippen LogP contribution in [0.15, 0.2) is 24.3 Å². The first-order valence-electron chi connectivity index (χ1n) is 6.71. The zero-order valence-corrected chi connectivity index (χ0v) is 12.2. The summed E-state index contributed by atoms with van der Waals surface area (Å²) in [7, 11) is 1.88. The van der Waals surface area contributed by atoms with Crippen LogP contribution >= 0.6 is 0 Å². The molecule has 2 N–H and O–H groups in total. The van der Waals surface area contributed by atoms with Gasteiger partial charge in [0, 0.05) is 18.7 Å². The molecular weight excluding hydrogens is 240 g/mol. The van der Waals surface area contributed by atoms with Gasteiger partial charge in [-0.25, -0.2) is 0 Å². The van der Waals surface area contributed by atoms with E-state index in [0.717, 1.165) is 17.9 Å².